The van der Waals surface area contributed by atoms with E-state index in [9.17, 15) is 0 Å². The minimum absolute atomic E-state index is 0.520. The van der Waals surface area contributed by atoms with Crippen molar-refractivity contribution >= 4 is 22.7 Å². The molecule has 4 heteroatoms. The first-order chi connectivity index (χ1) is 12.8. The Morgan fingerprint density at radius 3 is 2.50 bits per heavy atom. The molecule has 1 fully saturated rings. The molecule has 3 aromatic rings. The number of nitrogens with zero attached hydrogens (tertiary/aromatic N) is 2. The maximum atomic E-state index is 4.79. The second-order valence-electron chi connectivity index (χ2n) is 7.23. The van der Waals surface area contributed by atoms with Crippen molar-refractivity contribution in [3.05, 3.63) is 59.7 Å². The standard InChI is InChI=1S/C22H26N4/c1-16-11-13-17(14-12-16)15-23-22-25-20-10-6-5-9-19(20)21(26-22)24-18-7-3-2-4-8-18/h5-6,9-14,18H,2-4,7-8,15H2,1H3,(H2,23,24,25,26). The molecule has 0 aliphatic heterocycles. The lowest BCUT2D eigenvalue weighted by molar-refractivity contribution is 0.462. The van der Waals surface area contributed by atoms with Crippen LogP contribution in [0.5, 0.6) is 0 Å². The zero-order valence-corrected chi connectivity index (χ0v) is 15.3. The van der Waals surface area contributed by atoms with Crippen LogP contribution in [0.2, 0.25) is 0 Å². The number of rotatable bonds is 5. The molecule has 1 aromatic heterocycles. The third-order valence-corrected chi connectivity index (χ3v) is 5.12. The number of para-hydroxylation sites is 1. The van der Waals surface area contributed by atoms with Gasteiger partial charge in [0, 0.05) is 18.0 Å². The second kappa shape index (κ2) is 7.73. The van der Waals surface area contributed by atoms with E-state index in [2.05, 4.69) is 60.0 Å². The van der Waals surface area contributed by atoms with Crippen LogP contribution in [0.1, 0.15) is 43.2 Å². The van der Waals surface area contributed by atoms with E-state index >= 15 is 0 Å². The number of benzene rings is 2. The number of anilines is 2. The molecule has 0 radical (unpaired) electrons. The van der Waals surface area contributed by atoms with Gasteiger partial charge in [-0.2, -0.15) is 4.98 Å². The highest BCUT2D eigenvalue weighted by Gasteiger charge is 2.16. The zero-order valence-electron chi connectivity index (χ0n) is 15.3. The number of aromatic nitrogens is 2. The molecule has 0 saturated heterocycles. The van der Waals surface area contributed by atoms with E-state index in [-0.39, 0.29) is 0 Å². The maximum absolute atomic E-state index is 4.79. The first-order valence-corrected chi connectivity index (χ1v) is 9.61. The third-order valence-electron chi connectivity index (χ3n) is 5.12. The summed E-state index contributed by atoms with van der Waals surface area (Å²) in [5, 5.41) is 8.16. The molecule has 4 rings (SSSR count). The van der Waals surface area contributed by atoms with Gasteiger partial charge in [-0.3, -0.25) is 0 Å². The minimum atomic E-state index is 0.520. The summed E-state index contributed by atoms with van der Waals surface area (Å²) in [6, 6.07) is 17.3. The molecule has 0 unspecified atom stereocenters. The van der Waals surface area contributed by atoms with Crippen LogP contribution in [-0.4, -0.2) is 16.0 Å². The molecule has 1 aliphatic rings. The smallest absolute Gasteiger partial charge is 0.225 e. The van der Waals surface area contributed by atoms with Gasteiger partial charge in [-0.25, -0.2) is 4.98 Å². The van der Waals surface area contributed by atoms with Crippen molar-refractivity contribution in [3.63, 3.8) is 0 Å². The predicted octanol–water partition coefficient (Wildman–Crippen LogP) is 5.29. The lowest BCUT2D eigenvalue weighted by Gasteiger charge is -2.24. The van der Waals surface area contributed by atoms with Crippen LogP contribution < -0.4 is 10.6 Å². The van der Waals surface area contributed by atoms with Crippen molar-refractivity contribution in [2.75, 3.05) is 10.6 Å². The molecular weight excluding hydrogens is 320 g/mol. The summed E-state index contributed by atoms with van der Waals surface area (Å²) in [4.78, 5) is 9.49. The molecule has 134 valence electrons. The molecule has 2 aromatic carbocycles. The molecule has 2 N–H and O–H groups in total. The number of aryl methyl sites for hydroxylation is 1. The highest BCUT2D eigenvalue weighted by Crippen LogP contribution is 2.26. The Hall–Kier alpha value is -2.62. The highest BCUT2D eigenvalue weighted by atomic mass is 15.1. The summed E-state index contributed by atoms with van der Waals surface area (Å²) < 4.78 is 0. The van der Waals surface area contributed by atoms with Crippen LogP contribution in [0.25, 0.3) is 10.9 Å². The number of hydrogen-bond donors (Lipinski definition) is 2. The van der Waals surface area contributed by atoms with Crippen LogP contribution in [0.3, 0.4) is 0 Å². The Balaban J connectivity index is 1.57. The van der Waals surface area contributed by atoms with E-state index in [1.54, 1.807) is 0 Å². The molecule has 0 atom stereocenters. The van der Waals surface area contributed by atoms with Crippen molar-refractivity contribution < 1.29 is 0 Å². The van der Waals surface area contributed by atoms with Gasteiger partial charge in [0.05, 0.1) is 5.52 Å². The highest BCUT2D eigenvalue weighted by molar-refractivity contribution is 5.90. The van der Waals surface area contributed by atoms with Gasteiger partial charge < -0.3 is 10.6 Å². The zero-order chi connectivity index (χ0) is 17.8. The normalized spacial score (nSPS) is 15.1. The van der Waals surface area contributed by atoms with E-state index in [4.69, 9.17) is 9.97 Å². The first kappa shape index (κ1) is 16.8. The molecule has 1 saturated carbocycles. The van der Waals surface area contributed by atoms with Crippen LogP contribution in [0.15, 0.2) is 48.5 Å². The van der Waals surface area contributed by atoms with Gasteiger partial charge in [-0.05, 0) is 37.5 Å². The van der Waals surface area contributed by atoms with Crippen molar-refractivity contribution in [2.45, 2.75) is 51.6 Å². The summed E-state index contributed by atoms with van der Waals surface area (Å²) in [7, 11) is 0. The molecular formula is C22H26N4. The van der Waals surface area contributed by atoms with Crippen LogP contribution in [-0.2, 0) is 6.54 Å². The molecule has 4 nitrogen and oxygen atoms in total. The molecule has 1 aliphatic carbocycles. The second-order valence-corrected chi connectivity index (χ2v) is 7.23. The van der Waals surface area contributed by atoms with E-state index in [1.165, 1.54) is 43.2 Å². The maximum Gasteiger partial charge on any atom is 0.225 e. The quantitative estimate of drug-likeness (QED) is 0.658. The summed E-state index contributed by atoms with van der Waals surface area (Å²) in [6.07, 6.45) is 6.42. The first-order valence-electron chi connectivity index (χ1n) is 9.61. The third kappa shape index (κ3) is 3.96. The SMILES string of the molecule is Cc1ccc(CNc2nc(NC3CCCCC3)c3ccccc3n2)cc1. The molecule has 26 heavy (non-hydrogen) atoms. The summed E-state index contributed by atoms with van der Waals surface area (Å²) in [5.41, 5.74) is 3.48. The Labute approximate surface area is 155 Å². The Bertz CT molecular complexity index is 867. The van der Waals surface area contributed by atoms with Gasteiger partial charge in [-0.15, -0.1) is 0 Å². The van der Waals surface area contributed by atoms with Gasteiger partial charge in [0.1, 0.15) is 5.82 Å². The Kier molecular flexibility index (Phi) is 5.00. The van der Waals surface area contributed by atoms with Crippen molar-refractivity contribution in [3.8, 4) is 0 Å². The average Bonchev–Trinajstić information content (AvgIpc) is 2.68. The largest absolute Gasteiger partial charge is 0.367 e. The van der Waals surface area contributed by atoms with Crippen LogP contribution >= 0.6 is 0 Å². The van der Waals surface area contributed by atoms with Gasteiger partial charge in [0.15, 0.2) is 0 Å². The number of hydrogen-bond acceptors (Lipinski definition) is 4. The molecule has 1 heterocycles. The lowest BCUT2D eigenvalue weighted by atomic mass is 9.95. The fourth-order valence-corrected chi connectivity index (χ4v) is 3.59. The van der Waals surface area contributed by atoms with Gasteiger partial charge >= 0.3 is 0 Å². The van der Waals surface area contributed by atoms with E-state index < -0.39 is 0 Å². The number of fused-ring (bicyclic) bond motifs is 1. The fourth-order valence-electron chi connectivity index (χ4n) is 3.59. The van der Waals surface area contributed by atoms with Crippen LogP contribution in [0.4, 0.5) is 11.8 Å². The van der Waals surface area contributed by atoms with Crippen molar-refractivity contribution in [1.82, 2.24) is 9.97 Å². The van der Waals surface area contributed by atoms with Gasteiger partial charge in [0.25, 0.3) is 0 Å². The van der Waals surface area contributed by atoms with Crippen molar-refractivity contribution in [1.29, 1.82) is 0 Å². The minimum Gasteiger partial charge on any atom is -0.367 e. The average molecular weight is 346 g/mol. The van der Waals surface area contributed by atoms with Crippen LogP contribution in [0, 0.1) is 6.92 Å². The lowest BCUT2D eigenvalue weighted by Crippen LogP contribution is -2.23. The van der Waals surface area contributed by atoms with E-state index in [0.29, 0.717) is 12.0 Å². The predicted molar refractivity (Wildman–Crippen MR) is 109 cm³/mol. The van der Waals surface area contributed by atoms with Crippen molar-refractivity contribution in [2.24, 2.45) is 0 Å². The fraction of sp³-hybridized carbons (Fsp3) is 0.364. The number of nitrogens with one attached hydrogen (secondary N) is 2. The molecule has 0 spiro atoms. The summed E-state index contributed by atoms with van der Waals surface area (Å²) in [5.74, 6) is 1.64. The Morgan fingerprint density at radius 1 is 0.923 bits per heavy atom. The van der Waals surface area contributed by atoms with E-state index in [0.717, 1.165) is 23.3 Å². The van der Waals surface area contributed by atoms with Gasteiger partial charge in [-0.1, -0.05) is 61.2 Å². The topological polar surface area (TPSA) is 49.8 Å². The van der Waals surface area contributed by atoms with Gasteiger partial charge in [0.2, 0.25) is 5.95 Å². The monoisotopic (exact) mass is 346 g/mol. The molecule has 0 amide bonds. The Morgan fingerprint density at radius 2 is 1.69 bits per heavy atom. The summed E-state index contributed by atoms with van der Waals surface area (Å²) in [6.45, 7) is 2.83. The van der Waals surface area contributed by atoms with E-state index in [1.807, 2.05) is 6.07 Å². The summed E-state index contributed by atoms with van der Waals surface area (Å²) >= 11 is 0. The molecule has 0 bridgehead atoms.